The molecule has 116 valence electrons. The first kappa shape index (κ1) is 15.3. The summed E-state index contributed by atoms with van der Waals surface area (Å²) in [5.41, 5.74) is 0. The molecule has 0 saturated heterocycles. The Morgan fingerprint density at radius 2 is 2.14 bits per heavy atom. The zero-order chi connectivity index (χ0) is 15.2. The summed E-state index contributed by atoms with van der Waals surface area (Å²) in [7, 11) is -3.66. The van der Waals surface area contributed by atoms with E-state index in [-0.39, 0.29) is 16.2 Å². The van der Waals surface area contributed by atoms with Crippen LogP contribution in [0.2, 0.25) is 5.15 Å². The van der Waals surface area contributed by atoms with E-state index in [9.17, 15) is 8.42 Å². The van der Waals surface area contributed by atoms with Crippen LogP contribution in [0.3, 0.4) is 0 Å². The van der Waals surface area contributed by atoms with Crippen molar-refractivity contribution < 1.29 is 8.42 Å². The average Bonchev–Trinajstić information content (AvgIpc) is 2.92. The second kappa shape index (κ2) is 5.53. The van der Waals surface area contributed by atoms with Gasteiger partial charge in [-0.05, 0) is 31.1 Å². The quantitative estimate of drug-likeness (QED) is 0.927. The summed E-state index contributed by atoms with van der Waals surface area (Å²) >= 11 is 7.38. The number of thiazole rings is 1. The Morgan fingerprint density at radius 1 is 1.38 bits per heavy atom. The molecule has 3 rings (SSSR count). The van der Waals surface area contributed by atoms with E-state index >= 15 is 0 Å². The van der Waals surface area contributed by atoms with Gasteiger partial charge in [0.1, 0.15) is 0 Å². The lowest BCUT2D eigenvalue weighted by molar-refractivity contribution is 0.241. The maximum atomic E-state index is 12.6. The Balaban J connectivity index is 1.87. The molecule has 1 aliphatic rings. The van der Waals surface area contributed by atoms with Crippen LogP contribution in [0.4, 0.5) is 0 Å². The molecule has 0 amide bonds. The molecule has 3 unspecified atom stereocenters. The Bertz CT molecular complexity index is 753. The van der Waals surface area contributed by atoms with E-state index in [1.807, 2.05) is 0 Å². The fourth-order valence-corrected chi connectivity index (χ4v) is 5.64. The number of imidazole rings is 1. The normalized spacial score (nSPS) is 27.3. The Labute approximate surface area is 133 Å². The molecule has 2 aromatic rings. The summed E-state index contributed by atoms with van der Waals surface area (Å²) in [5.74, 6) is 1.17. The lowest BCUT2D eigenvalue weighted by Crippen LogP contribution is -2.40. The molecule has 0 spiro atoms. The predicted octanol–water partition coefficient (Wildman–Crippen LogP) is 3.15. The van der Waals surface area contributed by atoms with Crippen molar-refractivity contribution in [3.05, 3.63) is 16.7 Å². The average molecular weight is 348 g/mol. The van der Waals surface area contributed by atoms with Crippen LogP contribution >= 0.6 is 22.9 Å². The van der Waals surface area contributed by atoms with Crippen molar-refractivity contribution in [2.45, 2.75) is 44.2 Å². The molecule has 1 aliphatic carbocycles. The molecule has 1 fully saturated rings. The van der Waals surface area contributed by atoms with E-state index < -0.39 is 10.0 Å². The van der Waals surface area contributed by atoms with Crippen LogP contribution in [0.1, 0.15) is 33.1 Å². The Morgan fingerprint density at radius 3 is 2.86 bits per heavy atom. The summed E-state index contributed by atoms with van der Waals surface area (Å²) < 4.78 is 29.6. The smallest absolute Gasteiger partial charge is 0.260 e. The van der Waals surface area contributed by atoms with Gasteiger partial charge in [0, 0.05) is 17.6 Å². The van der Waals surface area contributed by atoms with Gasteiger partial charge in [-0.25, -0.2) is 18.1 Å². The topological polar surface area (TPSA) is 63.5 Å². The van der Waals surface area contributed by atoms with E-state index in [0.29, 0.717) is 16.8 Å². The van der Waals surface area contributed by atoms with Crippen molar-refractivity contribution in [1.82, 2.24) is 14.1 Å². The zero-order valence-electron chi connectivity index (χ0n) is 11.9. The highest BCUT2D eigenvalue weighted by Crippen LogP contribution is 2.31. The van der Waals surface area contributed by atoms with E-state index in [0.717, 1.165) is 19.3 Å². The first-order chi connectivity index (χ1) is 9.88. The molecule has 0 aliphatic heterocycles. The molecule has 0 radical (unpaired) electrons. The molecule has 21 heavy (non-hydrogen) atoms. The minimum Gasteiger partial charge on any atom is -0.279 e. The van der Waals surface area contributed by atoms with Gasteiger partial charge in [-0.3, -0.25) is 4.40 Å². The highest BCUT2D eigenvalue weighted by molar-refractivity contribution is 7.89. The number of hydrogen-bond acceptors (Lipinski definition) is 4. The van der Waals surface area contributed by atoms with Gasteiger partial charge >= 0.3 is 0 Å². The van der Waals surface area contributed by atoms with Gasteiger partial charge in [0.05, 0.1) is 0 Å². The van der Waals surface area contributed by atoms with Gasteiger partial charge in [-0.2, -0.15) is 0 Å². The SMILES string of the molecule is CC1CCC(NS(=O)(=O)c2c(Cl)nc3sccn23)CC1C. The van der Waals surface area contributed by atoms with Gasteiger partial charge in [0.15, 0.2) is 15.1 Å². The van der Waals surface area contributed by atoms with Crippen molar-refractivity contribution in [2.75, 3.05) is 0 Å². The van der Waals surface area contributed by atoms with Crippen molar-refractivity contribution in [2.24, 2.45) is 11.8 Å². The van der Waals surface area contributed by atoms with Crippen molar-refractivity contribution >= 4 is 37.9 Å². The maximum absolute atomic E-state index is 12.6. The van der Waals surface area contributed by atoms with Crippen LogP contribution in [-0.2, 0) is 10.0 Å². The zero-order valence-corrected chi connectivity index (χ0v) is 14.3. The molecular formula is C13H18ClN3O2S2. The number of aromatic nitrogens is 2. The second-order valence-corrected chi connectivity index (χ2v) is 8.71. The molecule has 3 atom stereocenters. The Hall–Kier alpha value is -0.630. The molecule has 0 bridgehead atoms. The first-order valence-corrected chi connectivity index (χ1v) is 9.76. The molecule has 0 aromatic carbocycles. The number of sulfonamides is 1. The summed E-state index contributed by atoms with van der Waals surface area (Å²) in [4.78, 5) is 4.68. The van der Waals surface area contributed by atoms with Crippen molar-refractivity contribution in [1.29, 1.82) is 0 Å². The van der Waals surface area contributed by atoms with Crippen LogP contribution < -0.4 is 4.72 Å². The lowest BCUT2D eigenvalue weighted by Gasteiger charge is -2.32. The molecule has 8 heteroatoms. The summed E-state index contributed by atoms with van der Waals surface area (Å²) in [6.45, 7) is 4.39. The molecule has 5 nitrogen and oxygen atoms in total. The second-order valence-electron chi connectivity index (χ2n) is 5.85. The van der Waals surface area contributed by atoms with Gasteiger partial charge < -0.3 is 0 Å². The molecule has 1 N–H and O–H groups in total. The Kier molecular flexibility index (Phi) is 4.02. The number of halogens is 1. The highest BCUT2D eigenvalue weighted by atomic mass is 35.5. The molecule has 2 aromatic heterocycles. The van der Waals surface area contributed by atoms with E-state index in [1.165, 1.54) is 15.7 Å². The summed E-state index contributed by atoms with van der Waals surface area (Å²) in [5, 5.41) is 1.88. The fourth-order valence-electron chi connectivity index (χ4n) is 2.91. The standard InChI is InChI=1S/C13H18ClN3O2S2/c1-8-3-4-10(7-9(8)2)16-21(18,19)12-11(14)15-13-17(12)5-6-20-13/h5-6,8-10,16H,3-4,7H2,1-2H3. The number of fused-ring (bicyclic) bond motifs is 1. The van der Waals surface area contributed by atoms with Gasteiger partial charge in [0.25, 0.3) is 10.0 Å². The van der Waals surface area contributed by atoms with Crippen LogP contribution in [0.5, 0.6) is 0 Å². The van der Waals surface area contributed by atoms with Gasteiger partial charge in [-0.1, -0.05) is 25.4 Å². The monoisotopic (exact) mass is 347 g/mol. The minimum atomic E-state index is -3.66. The highest BCUT2D eigenvalue weighted by Gasteiger charge is 2.31. The number of nitrogens with one attached hydrogen (secondary N) is 1. The lowest BCUT2D eigenvalue weighted by atomic mass is 9.79. The van der Waals surface area contributed by atoms with E-state index in [4.69, 9.17) is 11.6 Å². The largest absolute Gasteiger partial charge is 0.279 e. The fraction of sp³-hybridized carbons (Fsp3) is 0.615. The van der Waals surface area contributed by atoms with Crippen molar-refractivity contribution in [3.63, 3.8) is 0 Å². The van der Waals surface area contributed by atoms with Gasteiger partial charge in [-0.15, -0.1) is 11.3 Å². The number of nitrogens with zero attached hydrogens (tertiary/aromatic N) is 2. The third-order valence-corrected chi connectivity index (χ3v) is 7.03. The number of hydrogen-bond donors (Lipinski definition) is 1. The summed E-state index contributed by atoms with van der Waals surface area (Å²) in [6, 6.07) is -0.0264. The minimum absolute atomic E-state index is 0.0264. The maximum Gasteiger partial charge on any atom is 0.260 e. The van der Waals surface area contributed by atoms with Crippen LogP contribution in [0.25, 0.3) is 4.96 Å². The molecule has 1 saturated carbocycles. The third kappa shape index (κ3) is 2.84. The van der Waals surface area contributed by atoms with Crippen LogP contribution in [0.15, 0.2) is 16.6 Å². The first-order valence-electron chi connectivity index (χ1n) is 7.02. The molecular weight excluding hydrogens is 330 g/mol. The van der Waals surface area contributed by atoms with Crippen LogP contribution in [-0.4, -0.2) is 23.8 Å². The van der Waals surface area contributed by atoms with Gasteiger partial charge in [0.2, 0.25) is 0 Å². The third-order valence-electron chi connectivity index (χ3n) is 4.35. The molecule has 2 heterocycles. The van der Waals surface area contributed by atoms with Crippen molar-refractivity contribution in [3.8, 4) is 0 Å². The van der Waals surface area contributed by atoms with E-state index in [1.54, 1.807) is 11.6 Å². The summed E-state index contributed by atoms with van der Waals surface area (Å²) in [6.07, 6.45) is 4.46. The van der Waals surface area contributed by atoms with E-state index in [2.05, 4.69) is 23.6 Å². The number of rotatable bonds is 3. The predicted molar refractivity (Wildman–Crippen MR) is 84.4 cm³/mol. The van der Waals surface area contributed by atoms with Crippen LogP contribution in [0, 0.1) is 11.8 Å².